The van der Waals surface area contributed by atoms with Crippen molar-refractivity contribution in [3.8, 4) is 11.8 Å². The molecule has 10 heteroatoms. The number of carbonyl (C=O) groups excluding carboxylic acids is 1. The van der Waals surface area contributed by atoms with Gasteiger partial charge in [-0.2, -0.15) is 14.0 Å². The molecular formula is C25H25ClF2N4O3. The zero-order valence-electron chi connectivity index (χ0n) is 19.3. The lowest BCUT2D eigenvalue weighted by Crippen LogP contribution is -2.61. The maximum absolute atomic E-state index is 13.1. The summed E-state index contributed by atoms with van der Waals surface area (Å²) in [4.78, 5) is 19.1. The summed E-state index contributed by atoms with van der Waals surface area (Å²) in [6.45, 7) is 0.437. The molecule has 1 aliphatic carbocycles. The highest BCUT2D eigenvalue weighted by molar-refractivity contribution is 6.32. The number of nitrogens with two attached hydrogens (primary N) is 1. The minimum Gasteiger partial charge on any atom is -0.434 e. The van der Waals surface area contributed by atoms with E-state index in [1.54, 1.807) is 38.1 Å². The number of aliphatic imine (C=N–C) groups is 1. The molecule has 4 rings (SSSR count). The lowest BCUT2D eigenvalue weighted by Gasteiger charge is -2.48. The van der Waals surface area contributed by atoms with E-state index in [2.05, 4.69) is 9.73 Å². The highest BCUT2D eigenvalue weighted by Crippen LogP contribution is 2.42. The number of ether oxygens (including phenoxy) is 1. The fourth-order valence-corrected chi connectivity index (χ4v) is 5.25. The van der Waals surface area contributed by atoms with Crippen molar-refractivity contribution in [2.24, 2.45) is 10.7 Å². The molecule has 35 heavy (non-hydrogen) atoms. The molecule has 1 fully saturated rings. The van der Waals surface area contributed by atoms with Crippen molar-refractivity contribution in [1.82, 2.24) is 4.90 Å². The molecule has 1 amide bonds. The zero-order chi connectivity index (χ0) is 25.5. The van der Waals surface area contributed by atoms with Crippen LogP contribution in [0.25, 0.3) is 0 Å². The van der Waals surface area contributed by atoms with E-state index in [4.69, 9.17) is 22.6 Å². The normalized spacial score (nSPS) is 26.2. The minimum atomic E-state index is -3.05. The second-order valence-electron chi connectivity index (χ2n) is 9.51. The lowest BCUT2D eigenvalue weighted by atomic mass is 9.75. The second kappa shape index (κ2) is 9.10. The third-order valence-corrected chi connectivity index (χ3v) is 6.99. The summed E-state index contributed by atoms with van der Waals surface area (Å²) in [7, 11) is 0. The minimum absolute atomic E-state index is 0.0339. The fourth-order valence-electron chi connectivity index (χ4n) is 4.85. The molecule has 0 spiro atoms. The molecule has 0 bridgehead atoms. The summed E-state index contributed by atoms with van der Waals surface area (Å²) in [6, 6.07) is 11.3. The third-order valence-electron chi connectivity index (χ3n) is 6.54. The first kappa shape index (κ1) is 24.9. The molecule has 184 valence electrons. The molecule has 0 saturated heterocycles. The number of aliphatic hydroxyl groups is 1. The van der Waals surface area contributed by atoms with Crippen molar-refractivity contribution in [3.05, 3.63) is 63.7 Å². The van der Waals surface area contributed by atoms with Crippen molar-refractivity contribution in [1.29, 1.82) is 5.26 Å². The van der Waals surface area contributed by atoms with Crippen LogP contribution in [0, 0.1) is 11.3 Å². The molecule has 0 aromatic heterocycles. The van der Waals surface area contributed by atoms with Gasteiger partial charge in [-0.1, -0.05) is 35.9 Å². The van der Waals surface area contributed by atoms with Crippen LogP contribution in [0.5, 0.6) is 5.75 Å². The van der Waals surface area contributed by atoms with E-state index in [1.165, 1.54) is 17.0 Å². The summed E-state index contributed by atoms with van der Waals surface area (Å²) in [5.41, 5.74) is 6.19. The molecule has 1 atom stereocenters. The first-order valence-corrected chi connectivity index (χ1v) is 11.5. The van der Waals surface area contributed by atoms with Crippen molar-refractivity contribution < 1.29 is 23.4 Å². The van der Waals surface area contributed by atoms with Gasteiger partial charge < -0.3 is 15.6 Å². The van der Waals surface area contributed by atoms with Gasteiger partial charge in [-0.3, -0.25) is 9.69 Å². The Morgan fingerprint density at radius 3 is 2.63 bits per heavy atom. The smallest absolute Gasteiger partial charge is 0.387 e. The summed E-state index contributed by atoms with van der Waals surface area (Å²) < 4.78 is 30.5. The van der Waals surface area contributed by atoms with Crippen LogP contribution in [-0.4, -0.2) is 40.1 Å². The quantitative estimate of drug-likeness (QED) is 0.618. The molecule has 2 aliphatic rings. The summed E-state index contributed by atoms with van der Waals surface area (Å²) >= 11 is 6.76. The van der Waals surface area contributed by atoms with Crippen LogP contribution in [0.2, 0.25) is 5.02 Å². The Labute approximate surface area is 206 Å². The van der Waals surface area contributed by atoms with E-state index in [9.17, 15) is 18.7 Å². The van der Waals surface area contributed by atoms with Gasteiger partial charge in [0.05, 0.1) is 29.2 Å². The number of rotatable bonds is 6. The van der Waals surface area contributed by atoms with E-state index in [0.717, 1.165) is 0 Å². The van der Waals surface area contributed by atoms with E-state index in [0.29, 0.717) is 34.6 Å². The van der Waals surface area contributed by atoms with Crippen LogP contribution >= 0.6 is 11.6 Å². The molecule has 7 nitrogen and oxygen atoms in total. The molecule has 3 N–H and O–H groups in total. The first-order chi connectivity index (χ1) is 16.4. The Morgan fingerprint density at radius 1 is 1.31 bits per heavy atom. The average Bonchev–Trinajstić information content (AvgIpc) is 2.73. The van der Waals surface area contributed by atoms with Gasteiger partial charge >= 0.3 is 6.61 Å². The van der Waals surface area contributed by atoms with Gasteiger partial charge in [0.2, 0.25) is 5.91 Å². The zero-order valence-corrected chi connectivity index (χ0v) is 20.0. The maximum atomic E-state index is 13.1. The van der Waals surface area contributed by atoms with Gasteiger partial charge in [-0.15, -0.1) is 0 Å². The van der Waals surface area contributed by atoms with E-state index < -0.39 is 17.8 Å². The Balaban J connectivity index is 1.65. The van der Waals surface area contributed by atoms with E-state index in [-0.39, 0.29) is 42.1 Å². The standard InChI is InChI=1S/C25H25ClF2N4O3/c1-24(34)10-17(11-24)32-20(33)12-25(2,31-23(32)30)18-5-3-4-16(21(18)26)9-15-7-6-14(13-29)8-19(15)35-22(27)28/h3-8,17,22,34H,9-12H2,1-2H3,(H2,30,31)/t17?,24?,25-/m0/s1. The Bertz CT molecular complexity index is 1240. The molecule has 0 radical (unpaired) electrons. The van der Waals surface area contributed by atoms with Crippen LogP contribution in [0.15, 0.2) is 41.4 Å². The number of hydrogen-bond acceptors (Lipinski definition) is 6. The van der Waals surface area contributed by atoms with Crippen molar-refractivity contribution in [3.63, 3.8) is 0 Å². The van der Waals surface area contributed by atoms with Crippen LogP contribution in [0.1, 0.15) is 55.4 Å². The number of nitriles is 1. The molecule has 1 saturated carbocycles. The summed E-state index contributed by atoms with van der Waals surface area (Å²) in [6.07, 6.45) is 1.05. The number of carbonyl (C=O) groups is 1. The summed E-state index contributed by atoms with van der Waals surface area (Å²) in [5.74, 6) is -0.235. The summed E-state index contributed by atoms with van der Waals surface area (Å²) in [5, 5.41) is 19.5. The fraction of sp³-hybridized carbons (Fsp3) is 0.400. The number of hydrogen-bond donors (Lipinski definition) is 2. The van der Waals surface area contributed by atoms with Crippen LogP contribution in [0.3, 0.4) is 0 Å². The molecule has 2 aromatic rings. The second-order valence-corrected chi connectivity index (χ2v) is 9.89. The van der Waals surface area contributed by atoms with Gasteiger partial charge in [0.1, 0.15) is 5.75 Å². The predicted octanol–water partition coefficient (Wildman–Crippen LogP) is 4.08. The van der Waals surface area contributed by atoms with Crippen molar-refractivity contribution >= 4 is 23.5 Å². The first-order valence-electron chi connectivity index (χ1n) is 11.1. The van der Waals surface area contributed by atoms with Gasteiger partial charge in [0.15, 0.2) is 5.96 Å². The van der Waals surface area contributed by atoms with Gasteiger partial charge in [-0.05, 0) is 55.5 Å². The monoisotopic (exact) mass is 502 g/mol. The van der Waals surface area contributed by atoms with Crippen LogP contribution < -0.4 is 10.5 Å². The van der Waals surface area contributed by atoms with E-state index in [1.807, 2.05) is 6.07 Å². The Kier molecular flexibility index (Phi) is 6.47. The Morgan fingerprint density at radius 2 is 2.03 bits per heavy atom. The molecule has 1 aliphatic heterocycles. The lowest BCUT2D eigenvalue weighted by molar-refractivity contribution is -0.138. The topological polar surface area (TPSA) is 112 Å². The number of guanidine groups is 1. The van der Waals surface area contributed by atoms with Gasteiger partial charge in [-0.25, -0.2) is 4.99 Å². The van der Waals surface area contributed by atoms with Gasteiger partial charge in [0.25, 0.3) is 0 Å². The number of alkyl halides is 2. The number of halogens is 3. The number of benzene rings is 2. The maximum Gasteiger partial charge on any atom is 0.387 e. The number of amides is 1. The average molecular weight is 503 g/mol. The molecule has 0 unspecified atom stereocenters. The van der Waals surface area contributed by atoms with E-state index >= 15 is 0 Å². The van der Waals surface area contributed by atoms with Crippen molar-refractivity contribution in [2.75, 3.05) is 0 Å². The van der Waals surface area contributed by atoms with Crippen LogP contribution in [0.4, 0.5) is 8.78 Å². The number of nitrogens with zero attached hydrogens (tertiary/aromatic N) is 3. The van der Waals surface area contributed by atoms with Gasteiger partial charge in [0, 0.05) is 17.5 Å². The largest absolute Gasteiger partial charge is 0.434 e. The Hall–Kier alpha value is -3.22. The van der Waals surface area contributed by atoms with Crippen molar-refractivity contribution in [2.45, 2.75) is 63.3 Å². The predicted molar refractivity (Wildman–Crippen MR) is 126 cm³/mol. The molecular weight excluding hydrogens is 478 g/mol. The molecule has 1 heterocycles. The highest BCUT2D eigenvalue weighted by Gasteiger charge is 2.48. The molecule has 2 aromatic carbocycles. The SMILES string of the molecule is CC1(O)CC(N2C(=O)C[C@@](C)(c3cccc(Cc4ccc(C#N)cc4OC(F)F)c3Cl)N=C2N)C1. The van der Waals surface area contributed by atoms with Crippen LogP contribution in [-0.2, 0) is 16.8 Å². The third kappa shape index (κ3) is 4.95. The highest BCUT2D eigenvalue weighted by atomic mass is 35.5.